The van der Waals surface area contributed by atoms with Gasteiger partial charge in [0.15, 0.2) is 0 Å². The summed E-state index contributed by atoms with van der Waals surface area (Å²) in [5, 5.41) is 3.04. The molecule has 0 bridgehead atoms. The van der Waals surface area contributed by atoms with E-state index in [9.17, 15) is 4.79 Å². The Labute approximate surface area is 119 Å². The molecule has 1 aromatic heterocycles. The van der Waals surface area contributed by atoms with E-state index in [4.69, 9.17) is 0 Å². The molecule has 0 unspecified atom stereocenters. The van der Waals surface area contributed by atoms with Crippen molar-refractivity contribution in [2.75, 3.05) is 11.9 Å². The van der Waals surface area contributed by atoms with Crippen LogP contribution >= 0.6 is 0 Å². The molecule has 2 rings (SSSR count). The molecule has 0 amide bonds. The zero-order valence-electron chi connectivity index (χ0n) is 12.1. The Morgan fingerprint density at radius 1 is 1.20 bits per heavy atom. The summed E-state index contributed by atoms with van der Waals surface area (Å²) in [5.74, 6) is 0.712. The van der Waals surface area contributed by atoms with Gasteiger partial charge < -0.3 is 5.32 Å². The van der Waals surface area contributed by atoms with Gasteiger partial charge in [-0.05, 0) is 31.9 Å². The number of rotatable bonds is 5. The van der Waals surface area contributed by atoms with Crippen molar-refractivity contribution in [3.8, 4) is 11.1 Å². The minimum Gasteiger partial charge on any atom is -0.354 e. The van der Waals surface area contributed by atoms with E-state index in [1.54, 1.807) is 19.3 Å². The van der Waals surface area contributed by atoms with Crippen LogP contribution in [-0.4, -0.2) is 22.3 Å². The first kappa shape index (κ1) is 14.2. The highest BCUT2D eigenvalue weighted by Crippen LogP contribution is 2.23. The maximum atomic E-state index is 10.9. The summed E-state index contributed by atoms with van der Waals surface area (Å²) in [7, 11) is 0. The van der Waals surface area contributed by atoms with Gasteiger partial charge in [0.25, 0.3) is 0 Å². The molecule has 1 heterocycles. The minimum atomic E-state index is 0.157. The Hall–Kier alpha value is -2.23. The molecule has 0 aliphatic rings. The van der Waals surface area contributed by atoms with Crippen molar-refractivity contribution >= 4 is 11.7 Å². The van der Waals surface area contributed by atoms with E-state index in [1.165, 1.54) is 11.1 Å². The number of nitrogens with zero attached hydrogens (tertiary/aromatic N) is 2. The number of carbonyl (C=O) groups excluding carboxylic acids is 1. The first-order valence-electron chi connectivity index (χ1n) is 6.69. The number of hydrogen-bond donors (Lipinski definition) is 1. The summed E-state index contributed by atoms with van der Waals surface area (Å²) >= 11 is 0. The van der Waals surface area contributed by atoms with Crippen LogP contribution in [-0.2, 0) is 4.79 Å². The Morgan fingerprint density at radius 2 is 1.90 bits per heavy atom. The van der Waals surface area contributed by atoms with Gasteiger partial charge in [-0.3, -0.25) is 4.79 Å². The quantitative estimate of drug-likeness (QED) is 0.906. The van der Waals surface area contributed by atoms with Crippen molar-refractivity contribution in [2.24, 2.45) is 0 Å². The van der Waals surface area contributed by atoms with Crippen LogP contribution in [0.4, 0.5) is 5.95 Å². The van der Waals surface area contributed by atoms with Gasteiger partial charge >= 0.3 is 0 Å². The van der Waals surface area contributed by atoms with E-state index in [2.05, 4.69) is 47.3 Å². The van der Waals surface area contributed by atoms with Gasteiger partial charge in [0.1, 0.15) is 5.78 Å². The zero-order chi connectivity index (χ0) is 14.5. The fourth-order valence-electron chi connectivity index (χ4n) is 2.05. The maximum Gasteiger partial charge on any atom is 0.222 e. The van der Waals surface area contributed by atoms with Crippen LogP contribution in [0.2, 0.25) is 0 Å². The number of anilines is 1. The zero-order valence-corrected chi connectivity index (χ0v) is 12.1. The van der Waals surface area contributed by atoms with Crippen LogP contribution < -0.4 is 5.32 Å². The normalized spacial score (nSPS) is 10.3. The van der Waals surface area contributed by atoms with Gasteiger partial charge in [0.05, 0.1) is 0 Å². The first-order valence-corrected chi connectivity index (χ1v) is 6.69. The molecule has 0 aliphatic carbocycles. The summed E-state index contributed by atoms with van der Waals surface area (Å²) in [5.41, 5.74) is 4.60. The minimum absolute atomic E-state index is 0.157. The number of aromatic nitrogens is 2. The Bertz CT molecular complexity index is 606. The average Bonchev–Trinajstić information content (AvgIpc) is 2.39. The van der Waals surface area contributed by atoms with E-state index >= 15 is 0 Å². The van der Waals surface area contributed by atoms with Gasteiger partial charge in [-0.25, -0.2) is 9.97 Å². The van der Waals surface area contributed by atoms with Crippen molar-refractivity contribution in [3.63, 3.8) is 0 Å². The fraction of sp³-hybridized carbons (Fsp3) is 0.312. The van der Waals surface area contributed by atoms with Crippen molar-refractivity contribution in [1.82, 2.24) is 9.97 Å². The summed E-state index contributed by atoms with van der Waals surface area (Å²) in [6, 6.07) is 6.32. The van der Waals surface area contributed by atoms with Crippen LogP contribution in [0.15, 0.2) is 30.6 Å². The molecule has 104 valence electrons. The van der Waals surface area contributed by atoms with Crippen LogP contribution in [0.1, 0.15) is 24.5 Å². The van der Waals surface area contributed by atoms with E-state index in [0.29, 0.717) is 18.9 Å². The van der Waals surface area contributed by atoms with Crippen LogP contribution in [0, 0.1) is 13.8 Å². The molecular formula is C16H19N3O. The summed E-state index contributed by atoms with van der Waals surface area (Å²) in [6.45, 7) is 6.31. The molecule has 4 heteroatoms. The topological polar surface area (TPSA) is 54.9 Å². The molecule has 1 aromatic carbocycles. The lowest BCUT2D eigenvalue weighted by Crippen LogP contribution is -2.08. The van der Waals surface area contributed by atoms with Gasteiger partial charge in [-0.15, -0.1) is 0 Å². The number of hydrogen-bond acceptors (Lipinski definition) is 4. The molecule has 1 N–H and O–H groups in total. The van der Waals surface area contributed by atoms with E-state index in [1.807, 2.05) is 0 Å². The molecule has 20 heavy (non-hydrogen) atoms. The van der Waals surface area contributed by atoms with Gasteiger partial charge in [-0.2, -0.15) is 0 Å². The SMILES string of the molecule is CC(=O)CCNc1ncc(-c2ccc(C)cc2C)cn1. The molecule has 0 atom stereocenters. The predicted octanol–water partition coefficient (Wildman–Crippen LogP) is 3.15. The molecule has 0 saturated heterocycles. The number of carbonyl (C=O) groups is 1. The number of ketones is 1. The molecule has 0 radical (unpaired) electrons. The highest BCUT2D eigenvalue weighted by Gasteiger charge is 2.04. The van der Waals surface area contributed by atoms with E-state index in [-0.39, 0.29) is 5.78 Å². The molecular weight excluding hydrogens is 250 g/mol. The Balaban J connectivity index is 2.09. The second-order valence-corrected chi connectivity index (χ2v) is 4.99. The van der Waals surface area contributed by atoms with E-state index in [0.717, 1.165) is 11.1 Å². The highest BCUT2D eigenvalue weighted by molar-refractivity contribution is 5.75. The lowest BCUT2D eigenvalue weighted by Gasteiger charge is -2.08. The second kappa shape index (κ2) is 6.28. The summed E-state index contributed by atoms with van der Waals surface area (Å²) in [4.78, 5) is 19.4. The molecule has 0 saturated carbocycles. The number of Topliss-reactive ketones (excluding diaryl/α,β-unsaturated/α-hetero) is 1. The summed E-state index contributed by atoms with van der Waals surface area (Å²) < 4.78 is 0. The van der Waals surface area contributed by atoms with Crippen LogP contribution in [0.25, 0.3) is 11.1 Å². The lowest BCUT2D eigenvalue weighted by molar-refractivity contribution is -0.116. The van der Waals surface area contributed by atoms with Crippen molar-refractivity contribution in [2.45, 2.75) is 27.2 Å². The molecule has 0 spiro atoms. The third kappa shape index (κ3) is 3.63. The third-order valence-electron chi connectivity index (χ3n) is 3.10. The molecule has 0 aliphatic heterocycles. The maximum absolute atomic E-state index is 10.9. The second-order valence-electron chi connectivity index (χ2n) is 4.99. The van der Waals surface area contributed by atoms with E-state index < -0.39 is 0 Å². The molecule has 2 aromatic rings. The van der Waals surface area contributed by atoms with Gasteiger partial charge in [0, 0.05) is 30.9 Å². The van der Waals surface area contributed by atoms with Crippen molar-refractivity contribution in [3.05, 3.63) is 41.7 Å². The third-order valence-corrected chi connectivity index (χ3v) is 3.10. The molecule has 4 nitrogen and oxygen atoms in total. The lowest BCUT2D eigenvalue weighted by atomic mass is 10.0. The number of aryl methyl sites for hydroxylation is 2. The monoisotopic (exact) mass is 269 g/mol. The van der Waals surface area contributed by atoms with Crippen molar-refractivity contribution in [1.29, 1.82) is 0 Å². The van der Waals surface area contributed by atoms with Crippen LogP contribution in [0.3, 0.4) is 0 Å². The standard InChI is InChI=1S/C16H19N3O/c1-11-4-5-15(12(2)8-11)14-9-18-16(19-10-14)17-7-6-13(3)20/h4-5,8-10H,6-7H2,1-3H3,(H,17,18,19). The number of benzene rings is 1. The number of nitrogens with one attached hydrogen (secondary N) is 1. The Kier molecular flexibility index (Phi) is 4.45. The first-order chi connectivity index (χ1) is 9.56. The smallest absolute Gasteiger partial charge is 0.222 e. The Morgan fingerprint density at radius 3 is 2.50 bits per heavy atom. The van der Waals surface area contributed by atoms with Crippen LogP contribution in [0.5, 0.6) is 0 Å². The average molecular weight is 269 g/mol. The molecule has 0 fully saturated rings. The predicted molar refractivity (Wildman–Crippen MR) is 80.7 cm³/mol. The van der Waals surface area contributed by atoms with Gasteiger partial charge in [0.2, 0.25) is 5.95 Å². The van der Waals surface area contributed by atoms with Gasteiger partial charge in [-0.1, -0.05) is 23.8 Å². The van der Waals surface area contributed by atoms with Crippen molar-refractivity contribution < 1.29 is 4.79 Å². The highest BCUT2D eigenvalue weighted by atomic mass is 16.1. The fourth-order valence-corrected chi connectivity index (χ4v) is 2.05. The summed E-state index contributed by atoms with van der Waals surface area (Å²) in [6.07, 6.45) is 4.10. The largest absolute Gasteiger partial charge is 0.354 e.